The average Bonchev–Trinajstić information content (AvgIpc) is 2.69. The molecule has 25 heavy (non-hydrogen) atoms. The van der Waals surface area contributed by atoms with Crippen molar-refractivity contribution in [1.29, 1.82) is 0 Å². The minimum atomic E-state index is -0.351. The van der Waals surface area contributed by atoms with Gasteiger partial charge in [0.2, 0.25) is 0 Å². The quantitative estimate of drug-likeness (QED) is 0.372. The molecular weight excluding hydrogens is 308 g/mol. The number of hydrogen-bond acceptors (Lipinski definition) is 2. The van der Waals surface area contributed by atoms with Gasteiger partial charge in [-0.2, -0.15) is 0 Å². The van der Waals surface area contributed by atoms with Gasteiger partial charge in [0, 0.05) is 12.0 Å². The Bertz CT molecular complexity index is 795. The van der Waals surface area contributed by atoms with Gasteiger partial charge in [-0.05, 0) is 28.3 Å². The smallest absolute Gasteiger partial charge is 0.330 e. The second kappa shape index (κ2) is 8.11. The minimum Gasteiger partial charge on any atom is -0.466 e. The first-order chi connectivity index (χ1) is 12.3. The zero-order valence-corrected chi connectivity index (χ0v) is 14.1. The van der Waals surface area contributed by atoms with Crippen LogP contribution < -0.4 is 0 Å². The molecule has 2 nitrogen and oxygen atoms in total. The van der Waals surface area contributed by atoms with Gasteiger partial charge < -0.3 is 4.74 Å². The van der Waals surface area contributed by atoms with Crippen LogP contribution in [0.3, 0.4) is 0 Å². The van der Waals surface area contributed by atoms with Gasteiger partial charge in [0.25, 0.3) is 0 Å². The molecular formula is C23H20O2. The molecule has 0 unspecified atom stereocenters. The first kappa shape index (κ1) is 16.7. The maximum absolute atomic E-state index is 11.2. The predicted molar refractivity (Wildman–Crippen MR) is 101 cm³/mol. The van der Waals surface area contributed by atoms with Crippen LogP contribution >= 0.6 is 0 Å². The molecule has 0 spiro atoms. The fraction of sp³-hybridized carbons (Fsp3) is 0.0870. The standard InChI is InChI=1S/C23H20O2/c1-25-22(24)17-14-18-12-15-21(16-13-18)23(19-8-4-2-5-9-19)20-10-6-3-7-11-20/h2-17,23H,1H3. The second-order valence-electron chi connectivity index (χ2n) is 5.78. The summed E-state index contributed by atoms with van der Waals surface area (Å²) in [6.07, 6.45) is 3.19. The molecule has 0 aliphatic rings. The lowest BCUT2D eigenvalue weighted by Gasteiger charge is -2.19. The Morgan fingerprint density at radius 1 is 0.760 bits per heavy atom. The molecule has 0 aliphatic carbocycles. The Morgan fingerprint density at radius 2 is 1.24 bits per heavy atom. The maximum Gasteiger partial charge on any atom is 0.330 e. The molecule has 0 saturated carbocycles. The average molecular weight is 328 g/mol. The van der Waals surface area contributed by atoms with Crippen molar-refractivity contribution in [2.45, 2.75) is 5.92 Å². The molecule has 3 aromatic rings. The van der Waals surface area contributed by atoms with Crippen molar-refractivity contribution < 1.29 is 9.53 Å². The number of carbonyl (C=O) groups excluding carboxylic acids is 1. The highest BCUT2D eigenvalue weighted by atomic mass is 16.5. The highest BCUT2D eigenvalue weighted by Gasteiger charge is 2.15. The second-order valence-corrected chi connectivity index (χ2v) is 5.78. The summed E-state index contributed by atoms with van der Waals surface area (Å²) in [5.41, 5.74) is 4.69. The van der Waals surface area contributed by atoms with Crippen LogP contribution in [0.15, 0.2) is 91.0 Å². The zero-order valence-electron chi connectivity index (χ0n) is 14.1. The third kappa shape index (κ3) is 4.24. The van der Waals surface area contributed by atoms with Gasteiger partial charge in [0.05, 0.1) is 7.11 Å². The summed E-state index contributed by atoms with van der Waals surface area (Å²) in [6, 6.07) is 29.2. The SMILES string of the molecule is COC(=O)C=Cc1ccc(C(c2ccccc2)c2ccccc2)cc1. The number of carbonyl (C=O) groups is 1. The molecule has 2 heteroatoms. The van der Waals surface area contributed by atoms with Crippen LogP contribution in [0.1, 0.15) is 28.2 Å². The van der Waals surface area contributed by atoms with Crippen molar-refractivity contribution in [3.63, 3.8) is 0 Å². The van der Waals surface area contributed by atoms with Gasteiger partial charge in [0.15, 0.2) is 0 Å². The topological polar surface area (TPSA) is 26.3 Å². The lowest BCUT2D eigenvalue weighted by atomic mass is 9.85. The summed E-state index contributed by atoms with van der Waals surface area (Å²) in [5, 5.41) is 0. The number of hydrogen-bond donors (Lipinski definition) is 0. The summed E-state index contributed by atoms with van der Waals surface area (Å²) in [5.74, 6) is -0.170. The molecule has 0 bridgehead atoms. The third-order valence-corrected chi connectivity index (χ3v) is 4.15. The van der Waals surface area contributed by atoms with E-state index in [0.717, 1.165) is 5.56 Å². The molecule has 0 N–H and O–H groups in total. The Kier molecular flexibility index (Phi) is 5.43. The fourth-order valence-corrected chi connectivity index (χ4v) is 2.90. The Hall–Kier alpha value is -3.13. The summed E-state index contributed by atoms with van der Waals surface area (Å²) in [4.78, 5) is 11.2. The molecule has 124 valence electrons. The van der Waals surface area contributed by atoms with Crippen molar-refractivity contribution in [2.24, 2.45) is 0 Å². The van der Waals surface area contributed by atoms with E-state index in [9.17, 15) is 4.79 Å². The van der Waals surface area contributed by atoms with Crippen molar-refractivity contribution in [1.82, 2.24) is 0 Å². The van der Waals surface area contributed by atoms with E-state index in [1.54, 1.807) is 6.08 Å². The number of benzene rings is 3. The molecule has 0 radical (unpaired) electrons. The molecule has 0 aromatic heterocycles. The predicted octanol–water partition coefficient (Wildman–Crippen LogP) is 5.05. The highest BCUT2D eigenvalue weighted by Crippen LogP contribution is 2.31. The number of rotatable bonds is 5. The highest BCUT2D eigenvalue weighted by molar-refractivity contribution is 5.86. The van der Waals surface area contributed by atoms with Gasteiger partial charge in [-0.1, -0.05) is 84.9 Å². The normalized spacial score (nSPS) is 11.0. The van der Waals surface area contributed by atoms with Gasteiger partial charge in [-0.3, -0.25) is 0 Å². The zero-order chi connectivity index (χ0) is 17.5. The lowest BCUT2D eigenvalue weighted by molar-refractivity contribution is -0.134. The van der Waals surface area contributed by atoms with E-state index in [0.29, 0.717) is 0 Å². The molecule has 0 heterocycles. The summed E-state index contributed by atoms with van der Waals surface area (Å²) in [7, 11) is 1.38. The molecule has 0 fully saturated rings. The van der Waals surface area contributed by atoms with Crippen molar-refractivity contribution in [3.05, 3.63) is 113 Å². The minimum absolute atomic E-state index is 0.182. The molecule has 3 rings (SSSR count). The Labute approximate surface area is 148 Å². The summed E-state index contributed by atoms with van der Waals surface area (Å²) >= 11 is 0. The van der Waals surface area contributed by atoms with Crippen LogP contribution in [0, 0.1) is 0 Å². The van der Waals surface area contributed by atoms with Crippen LogP contribution in [-0.4, -0.2) is 13.1 Å². The van der Waals surface area contributed by atoms with Gasteiger partial charge >= 0.3 is 5.97 Å². The number of ether oxygens (including phenoxy) is 1. The first-order valence-electron chi connectivity index (χ1n) is 8.24. The maximum atomic E-state index is 11.2. The van der Waals surface area contributed by atoms with Crippen molar-refractivity contribution >= 4 is 12.0 Å². The van der Waals surface area contributed by atoms with Crippen LogP contribution in [0.5, 0.6) is 0 Å². The van der Waals surface area contributed by atoms with Gasteiger partial charge in [0.1, 0.15) is 0 Å². The number of esters is 1. The fourth-order valence-electron chi connectivity index (χ4n) is 2.90. The van der Waals surface area contributed by atoms with Crippen molar-refractivity contribution in [2.75, 3.05) is 7.11 Å². The molecule has 0 saturated heterocycles. The Balaban J connectivity index is 1.94. The van der Waals surface area contributed by atoms with E-state index in [1.165, 1.54) is 29.9 Å². The lowest BCUT2D eigenvalue weighted by Crippen LogP contribution is -2.03. The first-order valence-corrected chi connectivity index (χ1v) is 8.24. The Morgan fingerprint density at radius 3 is 1.72 bits per heavy atom. The largest absolute Gasteiger partial charge is 0.466 e. The van der Waals surface area contributed by atoms with Gasteiger partial charge in [-0.15, -0.1) is 0 Å². The van der Waals surface area contributed by atoms with Crippen LogP contribution in [0.25, 0.3) is 6.08 Å². The van der Waals surface area contributed by atoms with E-state index < -0.39 is 0 Å². The van der Waals surface area contributed by atoms with Crippen LogP contribution in [0.2, 0.25) is 0 Å². The van der Waals surface area contributed by atoms with Crippen LogP contribution in [0.4, 0.5) is 0 Å². The third-order valence-electron chi connectivity index (χ3n) is 4.15. The summed E-state index contributed by atoms with van der Waals surface area (Å²) in [6.45, 7) is 0. The van der Waals surface area contributed by atoms with Crippen molar-refractivity contribution in [3.8, 4) is 0 Å². The monoisotopic (exact) mass is 328 g/mol. The molecule has 0 aliphatic heterocycles. The number of methoxy groups -OCH3 is 1. The molecule has 3 aromatic carbocycles. The van der Waals surface area contributed by atoms with Crippen LogP contribution in [-0.2, 0) is 9.53 Å². The molecule has 0 atom stereocenters. The van der Waals surface area contributed by atoms with E-state index in [4.69, 9.17) is 0 Å². The van der Waals surface area contributed by atoms with E-state index in [2.05, 4.69) is 65.4 Å². The molecule has 0 amide bonds. The van der Waals surface area contributed by atoms with Gasteiger partial charge in [-0.25, -0.2) is 4.79 Å². The van der Waals surface area contributed by atoms with E-state index in [-0.39, 0.29) is 11.9 Å². The summed E-state index contributed by atoms with van der Waals surface area (Å²) < 4.78 is 4.62. The van der Waals surface area contributed by atoms with E-state index >= 15 is 0 Å². The van der Waals surface area contributed by atoms with E-state index in [1.807, 2.05) is 24.3 Å².